The van der Waals surface area contributed by atoms with Crippen LogP contribution < -0.4 is 0 Å². The average molecular weight is 470 g/mol. The van der Waals surface area contributed by atoms with Crippen molar-refractivity contribution in [1.29, 1.82) is 0 Å². The van der Waals surface area contributed by atoms with Gasteiger partial charge in [-0.1, -0.05) is 70.2 Å². The highest BCUT2D eigenvalue weighted by Gasteiger charge is 2.12. The number of Topliss-reactive ketones (excluding diaryl/α,β-unsaturated/α-hetero) is 1. The third-order valence-corrected chi connectivity index (χ3v) is 6.02. The van der Waals surface area contributed by atoms with Crippen LogP contribution in [0.1, 0.15) is 43.6 Å². The van der Waals surface area contributed by atoms with Crippen LogP contribution in [0.25, 0.3) is 33.5 Å². The van der Waals surface area contributed by atoms with Gasteiger partial charge in [-0.3, -0.25) is 9.69 Å². The maximum absolute atomic E-state index is 11.8. The third-order valence-electron chi connectivity index (χ3n) is 6.02. The minimum absolute atomic E-state index is 0.300. The Hall–Kier alpha value is -3.28. The molecule has 0 aliphatic heterocycles. The van der Waals surface area contributed by atoms with Crippen molar-refractivity contribution in [2.45, 2.75) is 34.2 Å². The molecule has 0 bridgehead atoms. The zero-order valence-electron chi connectivity index (χ0n) is 21.1. The molecule has 0 amide bonds. The lowest BCUT2D eigenvalue weighted by Gasteiger charge is -2.26. The number of aliphatic hydroxyl groups is 1. The van der Waals surface area contributed by atoms with E-state index in [1.54, 1.807) is 18.2 Å². The number of rotatable bonds is 10. The molecule has 0 atom stereocenters. The molecule has 4 rings (SSSR count). The number of benzene rings is 3. The molecular formula is C30H35N3O2. The SMILES string of the molecule is CC(C)CN(Cc1cccc(-c2ccc(-c3nc4ccc(C(=O)CO)cc4[nH]3)cc2)c1)CC(C)C. The van der Waals surface area contributed by atoms with Crippen LogP contribution in [0.3, 0.4) is 0 Å². The number of nitrogens with one attached hydrogen (secondary N) is 1. The summed E-state index contributed by atoms with van der Waals surface area (Å²) in [6, 6.07) is 22.5. The minimum atomic E-state index is -0.497. The summed E-state index contributed by atoms with van der Waals surface area (Å²) in [5.41, 5.74) is 6.74. The number of hydrogen-bond acceptors (Lipinski definition) is 4. The van der Waals surface area contributed by atoms with Crippen LogP contribution in [0.4, 0.5) is 0 Å². The van der Waals surface area contributed by atoms with E-state index >= 15 is 0 Å². The second-order valence-electron chi connectivity index (χ2n) is 10.2. The fourth-order valence-corrected chi connectivity index (χ4v) is 4.58. The molecule has 182 valence electrons. The van der Waals surface area contributed by atoms with Crippen molar-refractivity contribution >= 4 is 16.8 Å². The quantitative estimate of drug-likeness (QED) is 0.272. The van der Waals surface area contributed by atoms with Crippen LogP contribution in [0.5, 0.6) is 0 Å². The Bertz CT molecular complexity index is 1280. The van der Waals surface area contributed by atoms with E-state index in [0.29, 0.717) is 17.4 Å². The molecule has 5 heteroatoms. The predicted octanol–water partition coefficient (Wildman–Crippen LogP) is 6.19. The molecule has 0 unspecified atom stereocenters. The van der Waals surface area contributed by atoms with Gasteiger partial charge in [-0.2, -0.15) is 0 Å². The lowest BCUT2D eigenvalue weighted by Crippen LogP contribution is -2.30. The summed E-state index contributed by atoms with van der Waals surface area (Å²) in [7, 11) is 0. The van der Waals surface area contributed by atoms with Gasteiger partial charge in [-0.05, 0) is 52.8 Å². The zero-order valence-corrected chi connectivity index (χ0v) is 21.1. The summed E-state index contributed by atoms with van der Waals surface area (Å²) in [6.45, 7) is 11.8. The molecule has 4 aromatic rings. The highest BCUT2D eigenvalue weighted by Crippen LogP contribution is 2.26. The number of carbonyl (C=O) groups excluding carboxylic acids is 1. The van der Waals surface area contributed by atoms with Crippen LogP contribution in [0.15, 0.2) is 66.7 Å². The summed E-state index contributed by atoms with van der Waals surface area (Å²) in [5.74, 6) is 1.74. The standard InChI is InChI=1S/C30H35N3O2/c1-20(2)16-33(17-21(3)4)18-22-6-5-7-25(14-22)23-8-10-24(11-9-23)30-31-27-13-12-26(29(35)19-34)15-28(27)32-30/h5-15,20-21,34H,16-19H2,1-4H3,(H,31,32). The first-order valence-corrected chi connectivity index (χ1v) is 12.4. The Morgan fingerprint density at radius 1 is 0.886 bits per heavy atom. The molecule has 1 heterocycles. The summed E-state index contributed by atoms with van der Waals surface area (Å²) in [6.07, 6.45) is 0. The van der Waals surface area contributed by atoms with E-state index in [1.165, 1.54) is 16.7 Å². The zero-order chi connectivity index (χ0) is 24.9. The van der Waals surface area contributed by atoms with Gasteiger partial charge in [-0.15, -0.1) is 0 Å². The summed E-state index contributed by atoms with van der Waals surface area (Å²) >= 11 is 0. The Labute approximate surface area is 207 Å². The van der Waals surface area contributed by atoms with E-state index < -0.39 is 6.61 Å². The Morgan fingerprint density at radius 2 is 1.57 bits per heavy atom. The van der Waals surface area contributed by atoms with E-state index in [1.807, 2.05) is 0 Å². The van der Waals surface area contributed by atoms with Gasteiger partial charge in [0.25, 0.3) is 0 Å². The predicted molar refractivity (Wildman–Crippen MR) is 143 cm³/mol. The van der Waals surface area contributed by atoms with Crippen LogP contribution in [0.2, 0.25) is 0 Å². The number of aromatic nitrogens is 2. The first-order chi connectivity index (χ1) is 16.8. The average Bonchev–Trinajstić information content (AvgIpc) is 3.26. The highest BCUT2D eigenvalue weighted by molar-refractivity contribution is 5.99. The molecule has 35 heavy (non-hydrogen) atoms. The number of aromatic amines is 1. The Kier molecular flexibility index (Phi) is 7.79. The molecule has 1 aromatic heterocycles. The number of hydrogen-bond donors (Lipinski definition) is 2. The van der Waals surface area contributed by atoms with Gasteiger partial charge in [-0.25, -0.2) is 4.98 Å². The Morgan fingerprint density at radius 3 is 2.23 bits per heavy atom. The van der Waals surface area contributed by atoms with Crippen molar-refractivity contribution in [3.05, 3.63) is 77.9 Å². The van der Waals surface area contributed by atoms with Crippen LogP contribution >= 0.6 is 0 Å². The molecule has 5 nitrogen and oxygen atoms in total. The topological polar surface area (TPSA) is 69.2 Å². The molecule has 0 saturated heterocycles. The normalized spacial score (nSPS) is 11.8. The maximum atomic E-state index is 11.8. The number of nitrogens with zero attached hydrogens (tertiary/aromatic N) is 2. The summed E-state index contributed by atoms with van der Waals surface area (Å²) < 4.78 is 0. The van der Waals surface area contributed by atoms with Crippen LogP contribution in [-0.4, -0.2) is 45.5 Å². The van der Waals surface area contributed by atoms with E-state index in [0.717, 1.165) is 42.1 Å². The van der Waals surface area contributed by atoms with E-state index in [-0.39, 0.29) is 5.78 Å². The summed E-state index contributed by atoms with van der Waals surface area (Å²) in [4.78, 5) is 22.3. The number of imidazole rings is 1. The van der Waals surface area contributed by atoms with Gasteiger partial charge in [0.1, 0.15) is 12.4 Å². The highest BCUT2D eigenvalue weighted by atomic mass is 16.3. The Balaban J connectivity index is 1.53. The number of carbonyl (C=O) groups is 1. The molecule has 3 aromatic carbocycles. The van der Waals surface area contributed by atoms with E-state index in [4.69, 9.17) is 5.11 Å². The fraction of sp³-hybridized carbons (Fsp3) is 0.333. The van der Waals surface area contributed by atoms with Gasteiger partial charge in [0.15, 0.2) is 5.78 Å². The molecule has 0 aliphatic rings. The number of aliphatic hydroxyl groups excluding tert-OH is 1. The van der Waals surface area contributed by atoms with Gasteiger partial charge < -0.3 is 10.1 Å². The van der Waals surface area contributed by atoms with Crippen molar-refractivity contribution < 1.29 is 9.90 Å². The third kappa shape index (κ3) is 6.24. The number of ketones is 1. The van der Waals surface area contributed by atoms with Gasteiger partial charge in [0, 0.05) is 30.8 Å². The minimum Gasteiger partial charge on any atom is -0.388 e. The lowest BCUT2D eigenvalue weighted by molar-refractivity contribution is 0.0904. The first-order valence-electron chi connectivity index (χ1n) is 12.4. The molecule has 0 saturated carbocycles. The number of H-pyrrole nitrogens is 1. The molecular weight excluding hydrogens is 434 g/mol. The van der Waals surface area contributed by atoms with Crippen molar-refractivity contribution in [2.24, 2.45) is 11.8 Å². The van der Waals surface area contributed by atoms with Crippen molar-refractivity contribution in [1.82, 2.24) is 14.9 Å². The van der Waals surface area contributed by atoms with Gasteiger partial charge in [0.05, 0.1) is 11.0 Å². The lowest BCUT2D eigenvalue weighted by atomic mass is 10.0. The summed E-state index contributed by atoms with van der Waals surface area (Å²) in [5, 5.41) is 9.11. The molecule has 0 radical (unpaired) electrons. The molecule has 0 spiro atoms. The molecule has 0 aliphatic carbocycles. The smallest absolute Gasteiger partial charge is 0.188 e. The monoisotopic (exact) mass is 469 g/mol. The fourth-order valence-electron chi connectivity index (χ4n) is 4.58. The second-order valence-corrected chi connectivity index (χ2v) is 10.2. The van der Waals surface area contributed by atoms with E-state index in [9.17, 15) is 4.79 Å². The van der Waals surface area contributed by atoms with Crippen LogP contribution in [0, 0.1) is 11.8 Å². The van der Waals surface area contributed by atoms with Crippen molar-refractivity contribution in [2.75, 3.05) is 19.7 Å². The molecule has 0 fully saturated rings. The second kappa shape index (κ2) is 11.0. The maximum Gasteiger partial charge on any atom is 0.188 e. The molecule has 2 N–H and O–H groups in total. The van der Waals surface area contributed by atoms with Gasteiger partial charge >= 0.3 is 0 Å². The van der Waals surface area contributed by atoms with Crippen LogP contribution in [-0.2, 0) is 6.54 Å². The van der Waals surface area contributed by atoms with E-state index in [2.05, 4.69) is 91.1 Å². The largest absolute Gasteiger partial charge is 0.388 e. The van der Waals surface area contributed by atoms with Gasteiger partial charge in [0.2, 0.25) is 0 Å². The van der Waals surface area contributed by atoms with Crippen molar-refractivity contribution in [3.8, 4) is 22.5 Å². The first kappa shape index (κ1) is 24.8. The number of fused-ring (bicyclic) bond motifs is 1. The van der Waals surface area contributed by atoms with Crippen molar-refractivity contribution in [3.63, 3.8) is 0 Å².